The molecule has 0 unspecified atom stereocenters. The molecule has 2 aromatic rings. The predicted octanol–water partition coefficient (Wildman–Crippen LogP) is 2.65. The van der Waals surface area contributed by atoms with Gasteiger partial charge in [0, 0.05) is 21.6 Å². The van der Waals surface area contributed by atoms with Crippen LogP contribution in [0.3, 0.4) is 0 Å². The van der Waals surface area contributed by atoms with Crippen molar-refractivity contribution in [3.8, 4) is 0 Å². The fourth-order valence-corrected chi connectivity index (χ4v) is 3.36. The number of nitrogens with zero attached hydrogens (tertiary/aromatic N) is 1. The number of carboxylic acids is 1. The quantitative estimate of drug-likeness (QED) is 0.667. The van der Waals surface area contributed by atoms with Crippen molar-refractivity contribution in [2.24, 2.45) is 0 Å². The van der Waals surface area contributed by atoms with Gasteiger partial charge in [0.1, 0.15) is 0 Å². The van der Waals surface area contributed by atoms with Gasteiger partial charge in [0.15, 0.2) is 5.16 Å². The lowest BCUT2D eigenvalue weighted by Crippen LogP contribution is -2.08. The van der Waals surface area contributed by atoms with Crippen LogP contribution in [0.25, 0.3) is 0 Å². The lowest BCUT2D eigenvalue weighted by molar-refractivity contribution is 0.0689. The predicted molar refractivity (Wildman–Crippen MR) is 78.9 cm³/mol. The summed E-state index contributed by atoms with van der Waals surface area (Å²) in [5.74, 6) is -0.993. The van der Waals surface area contributed by atoms with Gasteiger partial charge in [-0.25, -0.2) is 9.78 Å². The van der Waals surface area contributed by atoms with E-state index in [9.17, 15) is 14.7 Å². The summed E-state index contributed by atoms with van der Waals surface area (Å²) in [6.45, 7) is 1.72. The molecule has 0 radical (unpaired) electrons. The molecule has 0 aliphatic rings. The molecular weight excluding hydrogens is 296 g/mol. The monoisotopic (exact) mass is 308 g/mol. The van der Waals surface area contributed by atoms with Crippen LogP contribution in [0.15, 0.2) is 44.0 Å². The Kier molecular flexibility index (Phi) is 4.51. The number of carboxylic acid groups (broad SMARTS) is 1. The van der Waals surface area contributed by atoms with Crippen LogP contribution in [-0.2, 0) is 0 Å². The molecule has 1 aromatic carbocycles. The number of benzene rings is 1. The van der Waals surface area contributed by atoms with E-state index >= 15 is 0 Å². The Morgan fingerprint density at radius 3 is 2.65 bits per heavy atom. The van der Waals surface area contributed by atoms with E-state index in [0.29, 0.717) is 20.6 Å². The zero-order valence-corrected chi connectivity index (χ0v) is 12.5. The summed E-state index contributed by atoms with van der Waals surface area (Å²) >= 11 is 2.51. The zero-order valence-electron chi connectivity index (χ0n) is 10.8. The van der Waals surface area contributed by atoms with Crippen LogP contribution in [0.4, 0.5) is 0 Å². The van der Waals surface area contributed by atoms with Crippen LogP contribution >= 0.6 is 23.5 Å². The van der Waals surface area contributed by atoms with Gasteiger partial charge < -0.3 is 10.1 Å². The number of rotatable bonds is 4. The second-order valence-corrected chi connectivity index (χ2v) is 5.81. The number of hydrogen-bond donors (Lipinski definition) is 2. The molecule has 0 atom stereocenters. The molecule has 5 nitrogen and oxygen atoms in total. The third-order valence-corrected chi connectivity index (χ3v) is 4.20. The topological polar surface area (TPSA) is 83.0 Å². The Bertz CT molecular complexity index is 713. The standard InChI is InChI=1S/C13H12N2O3S2/c1-7-6-10(16)15-13(14-7)20-9-5-3-4-8(19-2)11(9)12(17)18/h3-6H,1-2H3,(H,17,18)(H,14,15,16). The highest BCUT2D eigenvalue weighted by atomic mass is 32.2. The summed E-state index contributed by atoms with van der Waals surface area (Å²) in [7, 11) is 0. The smallest absolute Gasteiger partial charge is 0.337 e. The third kappa shape index (κ3) is 3.23. The number of aromatic nitrogens is 2. The maximum Gasteiger partial charge on any atom is 0.337 e. The van der Waals surface area contributed by atoms with Crippen LogP contribution in [-0.4, -0.2) is 27.3 Å². The number of aromatic carboxylic acids is 1. The van der Waals surface area contributed by atoms with Gasteiger partial charge in [-0.1, -0.05) is 17.8 Å². The van der Waals surface area contributed by atoms with Crippen molar-refractivity contribution in [1.29, 1.82) is 0 Å². The normalized spacial score (nSPS) is 10.5. The zero-order chi connectivity index (χ0) is 14.7. The second kappa shape index (κ2) is 6.15. The Morgan fingerprint density at radius 1 is 1.35 bits per heavy atom. The first-order valence-corrected chi connectivity index (χ1v) is 7.71. The maximum absolute atomic E-state index is 11.4. The fraction of sp³-hybridized carbons (Fsp3) is 0.154. The highest BCUT2D eigenvalue weighted by molar-refractivity contribution is 7.99. The number of hydrogen-bond acceptors (Lipinski definition) is 5. The second-order valence-electron chi connectivity index (χ2n) is 3.93. The van der Waals surface area contributed by atoms with E-state index in [0.717, 1.165) is 11.8 Å². The minimum absolute atomic E-state index is 0.231. The van der Waals surface area contributed by atoms with Gasteiger partial charge in [-0.15, -0.1) is 11.8 Å². The lowest BCUT2D eigenvalue weighted by Gasteiger charge is -2.09. The van der Waals surface area contributed by atoms with Crippen molar-refractivity contribution >= 4 is 29.5 Å². The van der Waals surface area contributed by atoms with E-state index in [2.05, 4.69) is 9.97 Å². The SMILES string of the molecule is CSc1cccc(Sc2nc(C)cc(=O)[nH]2)c1C(=O)O. The molecule has 0 bridgehead atoms. The van der Waals surface area contributed by atoms with Crippen LogP contribution in [0.5, 0.6) is 0 Å². The molecule has 20 heavy (non-hydrogen) atoms. The molecular formula is C13H12N2O3S2. The highest BCUT2D eigenvalue weighted by Gasteiger charge is 2.16. The average molecular weight is 308 g/mol. The molecule has 2 N–H and O–H groups in total. The summed E-state index contributed by atoms with van der Waals surface area (Å²) in [6.07, 6.45) is 1.82. The molecule has 0 saturated heterocycles. The van der Waals surface area contributed by atoms with Crippen molar-refractivity contribution in [1.82, 2.24) is 9.97 Å². The van der Waals surface area contributed by atoms with Gasteiger partial charge >= 0.3 is 5.97 Å². The van der Waals surface area contributed by atoms with Gasteiger partial charge in [0.05, 0.1) is 5.56 Å². The molecule has 0 saturated carbocycles. The Labute approximate surface area is 123 Å². The van der Waals surface area contributed by atoms with E-state index in [-0.39, 0.29) is 11.1 Å². The molecule has 1 heterocycles. The molecule has 1 aromatic heterocycles. The molecule has 0 aliphatic carbocycles. The third-order valence-electron chi connectivity index (χ3n) is 2.48. The molecule has 0 spiro atoms. The minimum Gasteiger partial charge on any atom is -0.478 e. The van der Waals surface area contributed by atoms with E-state index in [1.54, 1.807) is 25.1 Å². The van der Waals surface area contributed by atoms with Crippen molar-refractivity contribution in [3.63, 3.8) is 0 Å². The summed E-state index contributed by atoms with van der Waals surface area (Å²) in [6, 6.07) is 6.63. The van der Waals surface area contributed by atoms with Crippen LogP contribution < -0.4 is 5.56 Å². The average Bonchev–Trinajstić information content (AvgIpc) is 2.36. The number of thioether (sulfide) groups is 1. The number of H-pyrrole nitrogens is 1. The first-order valence-electron chi connectivity index (χ1n) is 5.67. The molecule has 0 aliphatic heterocycles. The highest BCUT2D eigenvalue weighted by Crippen LogP contribution is 2.33. The molecule has 2 rings (SSSR count). The summed E-state index contributed by atoms with van der Waals surface area (Å²) in [4.78, 5) is 30.8. The van der Waals surface area contributed by atoms with Gasteiger partial charge in [-0.3, -0.25) is 4.79 Å². The van der Waals surface area contributed by atoms with Gasteiger partial charge in [0.2, 0.25) is 0 Å². The van der Waals surface area contributed by atoms with Gasteiger partial charge in [-0.05, 0) is 25.3 Å². The summed E-state index contributed by atoms with van der Waals surface area (Å²) in [5, 5.41) is 9.73. The van der Waals surface area contributed by atoms with Crippen molar-refractivity contribution in [2.75, 3.05) is 6.26 Å². The minimum atomic E-state index is -0.993. The maximum atomic E-state index is 11.4. The number of aryl methyl sites for hydroxylation is 1. The van der Waals surface area contributed by atoms with E-state index in [1.807, 2.05) is 6.26 Å². The molecule has 0 fully saturated rings. The number of nitrogens with one attached hydrogen (secondary N) is 1. The summed E-state index contributed by atoms with van der Waals surface area (Å²) in [5.41, 5.74) is 0.571. The molecule has 7 heteroatoms. The van der Waals surface area contributed by atoms with E-state index in [4.69, 9.17) is 0 Å². The van der Waals surface area contributed by atoms with Gasteiger partial charge in [0.25, 0.3) is 5.56 Å². The summed E-state index contributed by atoms with van der Waals surface area (Å²) < 4.78 is 0. The van der Waals surface area contributed by atoms with E-state index < -0.39 is 5.97 Å². The largest absolute Gasteiger partial charge is 0.478 e. The fourth-order valence-electron chi connectivity index (χ4n) is 1.68. The van der Waals surface area contributed by atoms with Crippen LogP contribution in [0, 0.1) is 6.92 Å². The van der Waals surface area contributed by atoms with Crippen LogP contribution in [0.2, 0.25) is 0 Å². The number of aromatic amines is 1. The van der Waals surface area contributed by atoms with Crippen molar-refractivity contribution < 1.29 is 9.90 Å². The first-order chi connectivity index (χ1) is 9.51. The van der Waals surface area contributed by atoms with Crippen LogP contribution in [0.1, 0.15) is 16.1 Å². The van der Waals surface area contributed by atoms with Gasteiger partial charge in [-0.2, -0.15) is 0 Å². The van der Waals surface area contributed by atoms with Crippen molar-refractivity contribution in [3.05, 3.63) is 45.9 Å². The molecule has 0 amide bonds. The number of carbonyl (C=O) groups is 1. The lowest BCUT2D eigenvalue weighted by atomic mass is 10.2. The Morgan fingerprint density at radius 2 is 2.05 bits per heavy atom. The van der Waals surface area contributed by atoms with E-state index in [1.165, 1.54) is 17.8 Å². The Hall–Kier alpha value is -1.73. The van der Waals surface area contributed by atoms with Crippen molar-refractivity contribution in [2.45, 2.75) is 21.9 Å². The Balaban J connectivity index is 2.48. The molecule has 104 valence electrons. The first kappa shape index (κ1) is 14.7.